The Bertz CT molecular complexity index is 861. The lowest BCUT2D eigenvalue weighted by molar-refractivity contribution is 0.137. The van der Waals surface area contributed by atoms with Crippen molar-refractivity contribution in [1.29, 1.82) is 0 Å². The molecular weight excluding hydrogens is 372 g/mol. The summed E-state index contributed by atoms with van der Waals surface area (Å²) in [6.45, 7) is 2.58. The summed E-state index contributed by atoms with van der Waals surface area (Å²) < 4.78 is 11.9. The standard InChI is InChI=1S/C21H26N4O4/c1-24-10-5-8-16(24)14-29-20-22-18-12-25(21(26)27)11-9-17(18)19(23-20)28-13-15-6-3-2-4-7-15/h2-4,6-7,16H,5,8-14H2,1H3,(H,26,27). The number of carboxylic acid groups (broad SMARTS) is 1. The van der Waals surface area contributed by atoms with E-state index in [2.05, 4.69) is 21.9 Å². The Hall–Kier alpha value is -2.87. The highest BCUT2D eigenvalue weighted by Crippen LogP contribution is 2.28. The van der Waals surface area contributed by atoms with E-state index >= 15 is 0 Å². The molecule has 1 saturated heterocycles. The predicted octanol–water partition coefficient (Wildman–Crippen LogP) is 2.56. The number of carbonyl (C=O) groups is 1. The van der Waals surface area contributed by atoms with Gasteiger partial charge in [0.2, 0.25) is 5.88 Å². The number of hydrogen-bond donors (Lipinski definition) is 1. The van der Waals surface area contributed by atoms with Crippen molar-refractivity contribution in [3.8, 4) is 11.9 Å². The fourth-order valence-corrected chi connectivity index (χ4v) is 3.81. The highest BCUT2D eigenvalue weighted by Gasteiger charge is 2.27. The third-order valence-corrected chi connectivity index (χ3v) is 5.57. The largest absolute Gasteiger partial charge is 0.472 e. The Kier molecular flexibility index (Phi) is 5.80. The first-order chi connectivity index (χ1) is 14.1. The number of likely N-dealkylation sites (tertiary alicyclic amines) is 1. The van der Waals surface area contributed by atoms with Crippen molar-refractivity contribution in [3.63, 3.8) is 0 Å². The molecule has 0 radical (unpaired) electrons. The molecule has 1 unspecified atom stereocenters. The molecule has 4 rings (SSSR count). The van der Waals surface area contributed by atoms with Crippen LogP contribution in [0.1, 0.15) is 29.7 Å². The zero-order chi connectivity index (χ0) is 20.2. The quantitative estimate of drug-likeness (QED) is 0.800. The number of likely N-dealkylation sites (N-methyl/N-ethyl adjacent to an activating group) is 1. The number of nitrogens with zero attached hydrogens (tertiary/aromatic N) is 4. The van der Waals surface area contributed by atoms with Gasteiger partial charge in [-0.05, 0) is 38.4 Å². The molecule has 1 aromatic heterocycles. The van der Waals surface area contributed by atoms with Gasteiger partial charge in [0.25, 0.3) is 0 Å². The van der Waals surface area contributed by atoms with E-state index < -0.39 is 6.09 Å². The number of ether oxygens (including phenoxy) is 2. The third kappa shape index (κ3) is 4.59. The summed E-state index contributed by atoms with van der Waals surface area (Å²) in [7, 11) is 2.09. The molecule has 1 amide bonds. The Morgan fingerprint density at radius 2 is 2.03 bits per heavy atom. The first-order valence-electron chi connectivity index (χ1n) is 9.97. The fraction of sp³-hybridized carbons (Fsp3) is 0.476. The number of benzene rings is 1. The monoisotopic (exact) mass is 398 g/mol. The highest BCUT2D eigenvalue weighted by atomic mass is 16.5. The second kappa shape index (κ2) is 8.65. The van der Waals surface area contributed by atoms with E-state index in [-0.39, 0.29) is 12.6 Å². The molecule has 2 aliphatic rings. The minimum absolute atomic E-state index is 0.217. The second-order valence-corrected chi connectivity index (χ2v) is 7.55. The smallest absolute Gasteiger partial charge is 0.407 e. The van der Waals surface area contributed by atoms with Gasteiger partial charge in [-0.25, -0.2) is 4.79 Å². The topological polar surface area (TPSA) is 88.0 Å². The van der Waals surface area contributed by atoms with E-state index in [4.69, 9.17) is 9.47 Å². The molecule has 154 valence electrons. The summed E-state index contributed by atoms with van der Waals surface area (Å²) in [6.07, 6.45) is 1.83. The van der Waals surface area contributed by atoms with Crippen LogP contribution in [0, 0.1) is 0 Å². The van der Waals surface area contributed by atoms with Crippen LogP contribution in [0.25, 0.3) is 0 Å². The van der Waals surface area contributed by atoms with Crippen LogP contribution in [0.4, 0.5) is 4.79 Å². The average molecular weight is 398 g/mol. The maximum Gasteiger partial charge on any atom is 0.407 e. The van der Waals surface area contributed by atoms with E-state index in [1.54, 1.807) is 0 Å². The highest BCUT2D eigenvalue weighted by molar-refractivity contribution is 5.65. The Labute approximate surface area is 170 Å². The molecule has 29 heavy (non-hydrogen) atoms. The average Bonchev–Trinajstić information content (AvgIpc) is 3.15. The SMILES string of the molecule is CN1CCCC1COc1nc2c(c(OCc3ccccc3)n1)CCN(C(=O)O)C2. The first-order valence-corrected chi connectivity index (χ1v) is 9.97. The van der Waals surface area contributed by atoms with Crippen LogP contribution in [0.2, 0.25) is 0 Å². The molecule has 0 saturated carbocycles. The van der Waals surface area contributed by atoms with Gasteiger partial charge in [0.15, 0.2) is 0 Å². The third-order valence-electron chi connectivity index (χ3n) is 5.57. The van der Waals surface area contributed by atoms with E-state index in [1.165, 1.54) is 4.90 Å². The van der Waals surface area contributed by atoms with Crippen molar-refractivity contribution in [2.24, 2.45) is 0 Å². The van der Waals surface area contributed by atoms with Crippen LogP contribution in [0.5, 0.6) is 11.9 Å². The van der Waals surface area contributed by atoms with Gasteiger partial charge in [0.1, 0.15) is 13.2 Å². The maximum atomic E-state index is 11.4. The van der Waals surface area contributed by atoms with Crippen LogP contribution < -0.4 is 9.47 Å². The summed E-state index contributed by atoms with van der Waals surface area (Å²) in [4.78, 5) is 24.0. The molecule has 8 heteroatoms. The molecule has 1 atom stereocenters. The first kappa shape index (κ1) is 19.4. The normalized spacial score (nSPS) is 19.1. The Balaban J connectivity index is 1.54. The van der Waals surface area contributed by atoms with Crippen LogP contribution in [0.3, 0.4) is 0 Å². The van der Waals surface area contributed by atoms with Crippen molar-refractivity contribution in [2.45, 2.75) is 38.5 Å². The zero-order valence-corrected chi connectivity index (χ0v) is 16.6. The lowest BCUT2D eigenvalue weighted by Crippen LogP contribution is -2.36. The van der Waals surface area contributed by atoms with E-state index in [9.17, 15) is 9.90 Å². The second-order valence-electron chi connectivity index (χ2n) is 7.55. The van der Waals surface area contributed by atoms with Crippen LogP contribution in [-0.4, -0.2) is 63.8 Å². The van der Waals surface area contributed by atoms with E-state index in [0.29, 0.717) is 43.8 Å². The Morgan fingerprint density at radius 3 is 2.76 bits per heavy atom. The summed E-state index contributed by atoms with van der Waals surface area (Å²) in [5, 5.41) is 9.35. The molecule has 1 aromatic carbocycles. The molecule has 1 fully saturated rings. The van der Waals surface area contributed by atoms with Gasteiger partial charge in [-0.15, -0.1) is 0 Å². The van der Waals surface area contributed by atoms with Crippen LogP contribution in [0.15, 0.2) is 30.3 Å². The molecule has 0 aliphatic carbocycles. The zero-order valence-electron chi connectivity index (χ0n) is 16.6. The molecule has 2 aliphatic heterocycles. The maximum absolute atomic E-state index is 11.4. The molecule has 3 heterocycles. The predicted molar refractivity (Wildman–Crippen MR) is 106 cm³/mol. The lowest BCUT2D eigenvalue weighted by atomic mass is 10.1. The molecule has 8 nitrogen and oxygen atoms in total. The number of rotatable bonds is 6. The summed E-state index contributed by atoms with van der Waals surface area (Å²) >= 11 is 0. The molecule has 0 bridgehead atoms. The van der Waals surface area contributed by atoms with Gasteiger partial charge < -0.3 is 24.4 Å². The lowest BCUT2D eigenvalue weighted by Gasteiger charge is -2.27. The number of fused-ring (bicyclic) bond motifs is 1. The van der Waals surface area contributed by atoms with Gasteiger partial charge in [-0.2, -0.15) is 9.97 Å². The van der Waals surface area contributed by atoms with Gasteiger partial charge in [-0.3, -0.25) is 0 Å². The summed E-state index contributed by atoms with van der Waals surface area (Å²) in [5.41, 5.74) is 2.56. The molecule has 0 spiro atoms. The number of hydrogen-bond acceptors (Lipinski definition) is 6. The van der Waals surface area contributed by atoms with E-state index in [0.717, 1.165) is 30.5 Å². The van der Waals surface area contributed by atoms with Crippen molar-refractivity contribution >= 4 is 6.09 Å². The molecule has 1 N–H and O–H groups in total. The summed E-state index contributed by atoms with van der Waals surface area (Å²) in [5.74, 6) is 0.485. The summed E-state index contributed by atoms with van der Waals surface area (Å²) in [6, 6.07) is 10.5. The van der Waals surface area contributed by atoms with Gasteiger partial charge in [0, 0.05) is 18.2 Å². The van der Waals surface area contributed by atoms with E-state index in [1.807, 2.05) is 30.3 Å². The van der Waals surface area contributed by atoms with Crippen molar-refractivity contribution < 1.29 is 19.4 Å². The molecular formula is C21H26N4O4. The van der Waals surface area contributed by atoms with Crippen LogP contribution >= 0.6 is 0 Å². The fourth-order valence-electron chi connectivity index (χ4n) is 3.81. The Morgan fingerprint density at radius 1 is 1.21 bits per heavy atom. The van der Waals surface area contributed by atoms with Crippen LogP contribution in [-0.2, 0) is 19.6 Å². The van der Waals surface area contributed by atoms with Gasteiger partial charge in [-0.1, -0.05) is 30.3 Å². The van der Waals surface area contributed by atoms with Gasteiger partial charge >= 0.3 is 12.1 Å². The number of amides is 1. The van der Waals surface area contributed by atoms with Crippen molar-refractivity contribution in [1.82, 2.24) is 19.8 Å². The molecule has 2 aromatic rings. The van der Waals surface area contributed by atoms with Crippen molar-refractivity contribution in [2.75, 3.05) is 26.7 Å². The minimum Gasteiger partial charge on any atom is -0.472 e. The van der Waals surface area contributed by atoms with Crippen molar-refractivity contribution in [3.05, 3.63) is 47.2 Å². The minimum atomic E-state index is -0.948. The number of aromatic nitrogens is 2. The van der Waals surface area contributed by atoms with Gasteiger partial charge in [0.05, 0.1) is 12.2 Å².